The predicted octanol–water partition coefficient (Wildman–Crippen LogP) is 1.74. The van der Waals surface area contributed by atoms with Crippen molar-refractivity contribution in [3.63, 3.8) is 0 Å². The number of nitrogens with zero attached hydrogens (tertiary/aromatic N) is 1. The van der Waals surface area contributed by atoms with E-state index in [2.05, 4.69) is 24.1 Å². The zero-order valence-corrected chi connectivity index (χ0v) is 9.57. The van der Waals surface area contributed by atoms with Crippen molar-refractivity contribution < 1.29 is 4.74 Å². The Morgan fingerprint density at radius 1 is 1.27 bits per heavy atom. The van der Waals surface area contributed by atoms with Crippen LogP contribution in [0.15, 0.2) is 24.3 Å². The first-order valence-electron chi connectivity index (χ1n) is 5.24. The molecule has 2 N–H and O–H groups in total. The van der Waals surface area contributed by atoms with E-state index in [4.69, 9.17) is 10.5 Å². The highest BCUT2D eigenvalue weighted by atomic mass is 16.5. The van der Waals surface area contributed by atoms with Crippen LogP contribution >= 0.6 is 0 Å². The van der Waals surface area contributed by atoms with Crippen molar-refractivity contribution >= 4 is 5.69 Å². The first-order chi connectivity index (χ1) is 7.22. The van der Waals surface area contributed by atoms with Gasteiger partial charge in [0.2, 0.25) is 0 Å². The Bertz CT molecular complexity index is 271. The Kier molecular flexibility index (Phi) is 5.15. The van der Waals surface area contributed by atoms with Crippen LogP contribution in [0.5, 0.6) is 0 Å². The van der Waals surface area contributed by atoms with Gasteiger partial charge in [0.1, 0.15) is 0 Å². The zero-order chi connectivity index (χ0) is 11.1. The number of hydrogen-bond donors (Lipinski definition) is 1. The highest BCUT2D eigenvalue weighted by molar-refractivity contribution is 5.39. The summed E-state index contributed by atoms with van der Waals surface area (Å²) < 4.78 is 5.01. The molecule has 3 heteroatoms. The van der Waals surface area contributed by atoms with Gasteiger partial charge in [-0.25, -0.2) is 0 Å². The lowest BCUT2D eigenvalue weighted by atomic mass is 10.2. The fourth-order valence-corrected chi connectivity index (χ4v) is 1.49. The number of methoxy groups -OCH3 is 1. The van der Waals surface area contributed by atoms with Crippen LogP contribution in [0.1, 0.15) is 12.0 Å². The number of anilines is 1. The molecule has 0 unspecified atom stereocenters. The Labute approximate surface area is 91.8 Å². The van der Waals surface area contributed by atoms with Crippen LogP contribution in [-0.4, -0.2) is 32.2 Å². The van der Waals surface area contributed by atoms with Crippen molar-refractivity contribution in [2.24, 2.45) is 0 Å². The normalized spacial score (nSPS) is 10.9. The van der Waals surface area contributed by atoms with Crippen LogP contribution in [0.25, 0.3) is 0 Å². The molecule has 84 valence electrons. The van der Waals surface area contributed by atoms with Gasteiger partial charge in [-0.15, -0.1) is 0 Å². The summed E-state index contributed by atoms with van der Waals surface area (Å²) in [7, 11) is 3.85. The van der Waals surface area contributed by atoms with Crippen molar-refractivity contribution in [2.75, 3.05) is 33.0 Å². The van der Waals surface area contributed by atoms with Crippen molar-refractivity contribution in [3.8, 4) is 0 Å². The van der Waals surface area contributed by atoms with Crippen molar-refractivity contribution in [3.05, 3.63) is 29.8 Å². The second-order valence-electron chi connectivity index (χ2n) is 3.83. The second kappa shape index (κ2) is 6.43. The Balaban J connectivity index is 2.31. The molecule has 1 aromatic carbocycles. The number of nitrogen functional groups attached to an aromatic ring is 1. The summed E-state index contributed by atoms with van der Waals surface area (Å²) in [5.41, 5.74) is 7.74. The molecular weight excluding hydrogens is 188 g/mol. The molecule has 0 saturated heterocycles. The number of nitrogens with two attached hydrogens (primary N) is 1. The lowest BCUT2D eigenvalue weighted by Gasteiger charge is -2.16. The van der Waals surface area contributed by atoms with Crippen LogP contribution in [0.4, 0.5) is 5.69 Å². The lowest BCUT2D eigenvalue weighted by Crippen LogP contribution is -2.20. The fourth-order valence-electron chi connectivity index (χ4n) is 1.49. The van der Waals surface area contributed by atoms with Crippen molar-refractivity contribution in [1.29, 1.82) is 0 Å². The number of ether oxygens (including phenoxy) is 1. The summed E-state index contributed by atoms with van der Waals surface area (Å²) in [6.45, 7) is 2.84. The molecule has 0 atom stereocenters. The van der Waals surface area contributed by atoms with Gasteiger partial charge in [0.05, 0.1) is 0 Å². The maximum Gasteiger partial charge on any atom is 0.0474 e. The Morgan fingerprint density at radius 2 is 1.93 bits per heavy atom. The van der Waals surface area contributed by atoms with Gasteiger partial charge in [-0.3, -0.25) is 0 Å². The first kappa shape index (κ1) is 12.0. The molecule has 1 aromatic rings. The molecule has 0 radical (unpaired) electrons. The fraction of sp³-hybridized carbons (Fsp3) is 0.500. The molecular formula is C12H20N2O. The molecule has 0 aliphatic carbocycles. The summed E-state index contributed by atoms with van der Waals surface area (Å²) >= 11 is 0. The highest BCUT2D eigenvalue weighted by Crippen LogP contribution is 2.07. The SMILES string of the molecule is COCCCN(C)Cc1ccc(N)cc1. The van der Waals surface area contributed by atoms with E-state index in [1.54, 1.807) is 7.11 Å². The summed E-state index contributed by atoms with van der Waals surface area (Å²) in [5.74, 6) is 0. The monoisotopic (exact) mass is 208 g/mol. The number of hydrogen-bond acceptors (Lipinski definition) is 3. The molecule has 0 spiro atoms. The third kappa shape index (κ3) is 4.81. The van der Waals surface area contributed by atoms with E-state index in [9.17, 15) is 0 Å². The van der Waals surface area contributed by atoms with Gasteiger partial charge in [-0.05, 0) is 31.2 Å². The van der Waals surface area contributed by atoms with E-state index < -0.39 is 0 Å². The number of benzene rings is 1. The molecule has 0 aliphatic heterocycles. The van der Waals surface area contributed by atoms with Gasteiger partial charge < -0.3 is 15.4 Å². The topological polar surface area (TPSA) is 38.5 Å². The van der Waals surface area contributed by atoms with E-state index in [1.807, 2.05) is 12.1 Å². The van der Waals surface area contributed by atoms with Crippen molar-refractivity contribution in [1.82, 2.24) is 4.90 Å². The maximum absolute atomic E-state index is 5.63. The molecule has 0 saturated carbocycles. The average Bonchev–Trinajstić information content (AvgIpc) is 2.22. The predicted molar refractivity (Wildman–Crippen MR) is 63.7 cm³/mol. The molecule has 1 rings (SSSR count). The van der Waals surface area contributed by atoms with Gasteiger partial charge in [0.25, 0.3) is 0 Å². The summed E-state index contributed by atoms with van der Waals surface area (Å²) in [6, 6.07) is 8.03. The summed E-state index contributed by atoms with van der Waals surface area (Å²) in [4.78, 5) is 2.28. The van der Waals surface area contributed by atoms with Crippen LogP contribution < -0.4 is 5.73 Å². The quantitative estimate of drug-likeness (QED) is 0.571. The molecule has 0 amide bonds. The average molecular weight is 208 g/mol. The van der Waals surface area contributed by atoms with E-state index in [-0.39, 0.29) is 0 Å². The lowest BCUT2D eigenvalue weighted by molar-refractivity contribution is 0.178. The minimum atomic E-state index is 0.820. The summed E-state index contributed by atoms with van der Waals surface area (Å²) in [6.07, 6.45) is 1.07. The molecule has 0 aliphatic rings. The minimum absolute atomic E-state index is 0.820. The van der Waals surface area contributed by atoms with Gasteiger partial charge >= 0.3 is 0 Å². The summed E-state index contributed by atoms with van der Waals surface area (Å²) in [5, 5.41) is 0. The third-order valence-electron chi connectivity index (χ3n) is 2.32. The maximum atomic E-state index is 5.63. The van der Waals surface area contributed by atoms with E-state index in [1.165, 1.54) is 5.56 Å². The van der Waals surface area contributed by atoms with Crippen LogP contribution in [0.3, 0.4) is 0 Å². The van der Waals surface area contributed by atoms with E-state index >= 15 is 0 Å². The Hall–Kier alpha value is -1.06. The minimum Gasteiger partial charge on any atom is -0.399 e. The van der Waals surface area contributed by atoms with E-state index in [0.29, 0.717) is 0 Å². The molecule has 0 heterocycles. The molecule has 3 nitrogen and oxygen atoms in total. The van der Waals surface area contributed by atoms with Crippen molar-refractivity contribution in [2.45, 2.75) is 13.0 Å². The van der Waals surface area contributed by atoms with Gasteiger partial charge in [-0.2, -0.15) is 0 Å². The molecule has 15 heavy (non-hydrogen) atoms. The van der Waals surface area contributed by atoms with Gasteiger partial charge in [0.15, 0.2) is 0 Å². The van der Waals surface area contributed by atoms with Crippen LogP contribution in [0, 0.1) is 0 Å². The van der Waals surface area contributed by atoms with Gasteiger partial charge in [-0.1, -0.05) is 12.1 Å². The van der Waals surface area contributed by atoms with Crippen LogP contribution in [0.2, 0.25) is 0 Å². The molecule has 0 fully saturated rings. The second-order valence-corrected chi connectivity index (χ2v) is 3.83. The largest absolute Gasteiger partial charge is 0.399 e. The zero-order valence-electron chi connectivity index (χ0n) is 9.57. The van der Waals surface area contributed by atoms with Crippen LogP contribution in [-0.2, 0) is 11.3 Å². The third-order valence-corrected chi connectivity index (χ3v) is 2.32. The standard InChI is InChI=1S/C12H20N2O/c1-14(8-3-9-15-2)10-11-4-6-12(13)7-5-11/h4-7H,3,8-10,13H2,1-2H3. The Morgan fingerprint density at radius 3 is 2.53 bits per heavy atom. The molecule has 0 bridgehead atoms. The smallest absolute Gasteiger partial charge is 0.0474 e. The highest BCUT2D eigenvalue weighted by Gasteiger charge is 1.99. The van der Waals surface area contributed by atoms with E-state index in [0.717, 1.165) is 31.8 Å². The first-order valence-corrected chi connectivity index (χ1v) is 5.24. The molecule has 0 aromatic heterocycles. The number of rotatable bonds is 6. The van der Waals surface area contributed by atoms with Gasteiger partial charge in [0, 0.05) is 32.5 Å².